The lowest BCUT2D eigenvalue weighted by Gasteiger charge is -2.16. The third-order valence-electron chi connectivity index (χ3n) is 3.76. The topological polar surface area (TPSA) is 72.3 Å². The molecule has 1 aliphatic carbocycles. The van der Waals surface area contributed by atoms with E-state index in [1.165, 1.54) is 12.8 Å². The summed E-state index contributed by atoms with van der Waals surface area (Å²) >= 11 is 0. The Balaban J connectivity index is 1.67. The Morgan fingerprint density at radius 3 is 2.81 bits per heavy atom. The number of aliphatic imine (C=N–C) groups is 1. The molecular formula is C15H20N6. The highest BCUT2D eigenvalue weighted by molar-refractivity contribution is 5.78. The molecule has 3 rings (SSSR count). The van der Waals surface area contributed by atoms with Gasteiger partial charge in [-0.05, 0) is 31.4 Å². The van der Waals surface area contributed by atoms with E-state index in [2.05, 4.69) is 19.9 Å². The minimum Gasteiger partial charge on any atom is -0.370 e. The lowest BCUT2D eigenvalue weighted by Crippen LogP contribution is -2.35. The first-order chi connectivity index (χ1) is 10.1. The van der Waals surface area contributed by atoms with Crippen LogP contribution in [0.1, 0.15) is 24.2 Å². The molecule has 2 N–H and O–H groups in total. The summed E-state index contributed by atoms with van der Waals surface area (Å²) in [6, 6.07) is 4.58. The van der Waals surface area contributed by atoms with E-state index in [9.17, 15) is 0 Å². The number of hydrogen-bond acceptors (Lipinski definition) is 3. The van der Waals surface area contributed by atoms with Crippen LogP contribution in [0.15, 0.2) is 35.7 Å². The van der Waals surface area contributed by atoms with Crippen molar-refractivity contribution in [3.05, 3.63) is 42.1 Å². The van der Waals surface area contributed by atoms with Gasteiger partial charge >= 0.3 is 0 Å². The molecule has 110 valence electrons. The first-order valence-electron chi connectivity index (χ1n) is 7.13. The number of guanidine groups is 1. The lowest BCUT2D eigenvalue weighted by molar-refractivity contribution is 0.487. The molecule has 6 heteroatoms. The molecule has 21 heavy (non-hydrogen) atoms. The van der Waals surface area contributed by atoms with E-state index in [4.69, 9.17) is 5.73 Å². The Morgan fingerprint density at radius 1 is 1.43 bits per heavy atom. The van der Waals surface area contributed by atoms with Crippen molar-refractivity contribution >= 4 is 5.96 Å². The van der Waals surface area contributed by atoms with Gasteiger partial charge in [0.25, 0.3) is 0 Å². The number of pyridine rings is 1. The SMILES string of the molecule is Cc1nccn1-c1ccc(CN=C(N)N(C)C2CC2)cn1. The zero-order valence-corrected chi connectivity index (χ0v) is 12.4. The van der Waals surface area contributed by atoms with Gasteiger partial charge in [-0.3, -0.25) is 4.57 Å². The van der Waals surface area contributed by atoms with Crippen molar-refractivity contribution in [2.45, 2.75) is 32.4 Å². The van der Waals surface area contributed by atoms with Crippen LogP contribution >= 0.6 is 0 Å². The minimum absolute atomic E-state index is 0.555. The van der Waals surface area contributed by atoms with Crippen LogP contribution in [0, 0.1) is 6.92 Å². The Labute approximate surface area is 124 Å². The molecule has 1 fully saturated rings. The quantitative estimate of drug-likeness (QED) is 0.682. The molecule has 0 radical (unpaired) electrons. The summed E-state index contributed by atoms with van der Waals surface area (Å²) in [4.78, 5) is 15.1. The number of aromatic nitrogens is 3. The van der Waals surface area contributed by atoms with Gasteiger partial charge in [-0.1, -0.05) is 6.07 Å². The molecule has 1 aliphatic rings. The van der Waals surface area contributed by atoms with Gasteiger partial charge < -0.3 is 10.6 Å². The molecule has 0 aliphatic heterocycles. The largest absolute Gasteiger partial charge is 0.370 e. The van der Waals surface area contributed by atoms with E-state index in [1.54, 1.807) is 6.20 Å². The van der Waals surface area contributed by atoms with Crippen LogP contribution in [0.4, 0.5) is 0 Å². The number of nitrogens with two attached hydrogens (primary N) is 1. The minimum atomic E-state index is 0.555. The molecule has 1 saturated carbocycles. The van der Waals surface area contributed by atoms with E-state index in [1.807, 2.05) is 43.1 Å². The number of rotatable bonds is 4. The van der Waals surface area contributed by atoms with Crippen LogP contribution in [0.5, 0.6) is 0 Å². The Kier molecular flexibility index (Phi) is 3.60. The van der Waals surface area contributed by atoms with Crippen LogP contribution in [0.25, 0.3) is 5.82 Å². The van der Waals surface area contributed by atoms with Gasteiger partial charge in [-0.15, -0.1) is 0 Å². The van der Waals surface area contributed by atoms with E-state index in [-0.39, 0.29) is 0 Å². The fourth-order valence-corrected chi connectivity index (χ4v) is 2.21. The van der Waals surface area contributed by atoms with E-state index in [0.717, 1.165) is 17.2 Å². The molecule has 0 aromatic carbocycles. The zero-order valence-electron chi connectivity index (χ0n) is 12.4. The first-order valence-corrected chi connectivity index (χ1v) is 7.13. The van der Waals surface area contributed by atoms with Crippen molar-refractivity contribution in [2.24, 2.45) is 10.7 Å². The third-order valence-corrected chi connectivity index (χ3v) is 3.76. The fraction of sp³-hybridized carbons (Fsp3) is 0.400. The second-order valence-corrected chi connectivity index (χ2v) is 5.39. The van der Waals surface area contributed by atoms with Crippen molar-refractivity contribution in [3.63, 3.8) is 0 Å². The standard InChI is InChI=1S/C15H20N6/c1-11-17-7-8-21(11)14-6-3-12(9-18-14)10-19-15(16)20(2)13-4-5-13/h3,6-9,13H,4-5,10H2,1-2H3,(H2,16,19). The molecule has 0 spiro atoms. The molecule has 2 aromatic heterocycles. The van der Waals surface area contributed by atoms with Crippen LogP contribution < -0.4 is 5.73 Å². The lowest BCUT2D eigenvalue weighted by atomic mass is 10.3. The molecule has 0 bridgehead atoms. The molecule has 2 heterocycles. The summed E-state index contributed by atoms with van der Waals surface area (Å²) in [6.07, 6.45) is 7.94. The molecule has 0 saturated heterocycles. The Bertz CT molecular complexity index is 638. The van der Waals surface area contributed by atoms with Crippen molar-refractivity contribution in [2.75, 3.05) is 7.05 Å². The summed E-state index contributed by atoms with van der Waals surface area (Å²) in [5.74, 6) is 2.39. The monoisotopic (exact) mass is 284 g/mol. The second kappa shape index (κ2) is 5.55. The smallest absolute Gasteiger partial charge is 0.191 e. The summed E-state index contributed by atoms with van der Waals surface area (Å²) in [6.45, 7) is 2.51. The van der Waals surface area contributed by atoms with Crippen molar-refractivity contribution in [1.82, 2.24) is 19.4 Å². The maximum atomic E-state index is 5.98. The molecule has 6 nitrogen and oxygen atoms in total. The zero-order chi connectivity index (χ0) is 14.8. The average molecular weight is 284 g/mol. The van der Waals surface area contributed by atoms with Crippen molar-refractivity contribution < 1.29 is 0 Å². The van der Waals surface area contributed by atoms with Crippen LogP contribution in [-0.4, -0.2) is 38.5 Å². The number of nitrogens with zero attached hydrogens (tertiary/aromatic N) is 5. The highest BCUT2D eigenvalue weighted by atomic mass is 15.3. The molecule has 0 atom stereocenters. The Hall–Kier alpha value is -2.37. The van der Waals surface area contributed by atoms with Gasteiger partial charge in [0.15, 0.2) is 5.96 Å². The van der Waals surface area contributed by atoms with Crippen molar-refractivity contribution in [1.29, 1.82) is 0 Å². The van der Waals surface area contributed by atoms with Gasteiger partial charge in [0.2, 0.25) is 0 Å². The van der Waals surface area contributed by atoms with E-state index >= 15 is 0 Å². The predicted molar refractivity (Wildman–Crippen MR) is 82.2 cm³/mol. The van der Waals surface area contributed by atoms with E-state index in [0.29, 0.717) is 18.5 Å². The number of aryl methyl sites for hydroxylation is 1. The summed E-state index contributed by atoms with van der Waals surface area (Å²) < 4.78 is 1.95. The fourth-order valence-electron chi connectivity index (χ4n) is 2.21. The third kappa shape index (κ3) is 3.04. The van der Waals surface area contributed by atoms with Gasteiger partial charge in [-0.25, -0.2) is 15.0 Å². The summed E-state index contributed by atoms with van der Waals surface area (Å²) in [5, 5.41) is 0. The molecule has 0 amide bonds. The molecule has 0 unspecified atom stereocenters. The van der Waals surface area contributed by atoms with Gasteiger partial charge in [0.05, 0.1) is 6.54 Å². The molecular weight excluding hydrogens is 264 g/mol. The molecule has 2 aromatic rings. The van der Waals surface area contributed by atoms with Crippen LogP contribution in [0.3, 0.4) is 0 Å². The normalized spacial score (nSPS) is 15.2. The van der Waals surface area contributed by atoms with Crippen LogP contribution in [0.2, 0.25) is 0 Å². The average Bonchev–Trinajstić information content (AvgIpc) is 3.26. The maximum Gasteiger partial charge on any atom is 0.191 e. The van der Waals surface area contributed by atoms with Gasteiger partial charge in [0, 0.05) is 31.7 Å². The highest BCUT2D eigenvalue weighted by Gasteiger charge is 2.27. The second-order valence-electron chi connectivity index (χ2n) is 5.39. The highest BCUT2D eigenvalue weighted by Crippen LogP contribution is 2.24. The predicted octanol–water partition coefficient (Wildman–Crippen LogP) is 1.48. The van der Waals surface area contributed by atoms with Crippen LogP contribution in [-0.2, 0) is 6.54 Å². The maximum absolute atomic E-state index is 5.98. The van der Waals surface area contributed by atoms with Gasteiger partial charge in [0.1, 0.15) is 11.6 Å². The van der Waals surface area contributed by atoms with Crippen molar-refractivity contribution in [3.8, 4) is 5.82 Å². The first kappa shape index (κ1) is 13.6. The summed E-state index contributed by atoms with van der Waals surface area (Å²) in [7, 11) is 2.00. The number of imidazole rings is 1. The van der Waals surface area contributed by atoms with E-state index < -0.39 is 0 Å². The number of hydrogen-bond donors (Lipinski definition) is 1. The summed E-state index contributed by atoms with van der Waals surface area (Å²) in [5.41, 5.74) is 7.02. The van der Waals surface area contributed by atoms with Gasteiger partial charge in [-0.2, -0.15) is 0 Å². The Morgan fingerprint density at radius 2 is 2.24 bits per heavy atom.